The minimum absolute atomic E-state index is 0.222. The van der Waals surface area contributed by atoms with Crippen LogP contribution in [0.2, 0.25) is 0 Å². The van der Waals surface area contributed by atoms with Crippen LogP contribution in [-0.4, -0.2) is 12.0 Å². The first kappa shape index (κ1) is 12.1. The van der Waals surface area contributed by atoms with Crippen molar-refractivity contribution in [3.8, 4) is 0 Å². The van der Waals surface area contributed by atoms with Crippen LogP contribution in [0.15, 0.2) is 18.2 Å². The van der Waals surface area contributed by atoms with Gasteiger partial charge < -0.3 is 0 Å². The van der Waals surface area contributed by atoms with Crippen LogP contribution in [0, 0.1) is 5.82 Å². The molecule has 2 rings (SSSR count). The van der Waals surface area contributed by atoms with E-state index in [1.807, 2.05) is 0 Å². The molecule has 1 aromatic rings. The highest BCUT2D eigenvalue weighted by molar-refractivity contribution is 6.00. The second kappa shape index (κ2) is 4.13. The summed E-state index contributed by atoms with van der Waals surface area (Å²) in [6.07, 6.45) is -2.13. The fraction of sp³-hybridized carbons (Fsp3) is 0.417. The Morgan fingerprint density at radius 1 is 1.24 bits per heavy atom. The third kappa shape index (κ3) is 2.33. The Morgan fingerprint density at radius 3 is 2.29 bits per heavy atom. The fourth-order valence-corrected chi connectivity index (χ4v) is 1.86. The zero-order valence-electron chi connectivity index (χ0n) is 8.85. The van der Waals surface area contributed by atoms with E-state index in [-0.39, 0.29) is 5.92 Å². The summed E-state index contributed by atoms with van der Waals surface area (Å²) >= 11 is 0. The van der Waals surface area contributed by atoms with E-state index in [0.29, 0.717) is 5.56 Å². The average molecular weight is 246 g/mol. The van der Waals surface area contributed by atoms with Gasteiger partial charge in [-0.1, -0.05) is 12.5 Å². The first-order valence-electron chi connectivity index (χ1n) is 5.30. The van der Waals surface area contributed by atoms with Gasteiger partial charge in [0, 0.05) is 0 Å². The van der Waals surface area contributed by atoms with Crippen molar-refractivity contribution in [3.05, 3.63) is 35.1 Å². The number of halogens is 4. The molecule has 0 aliphatic heterocycles. The molecule has 5 heteroatoms. The van der Waals surface area contributed by atoms with Crippen molar-refractivity contribution in [2.75, 3.05) is 0 Å². The summed E-state index contributed by atoms with van der Waals surface area (Å²) in [4.78, 5) is 10.9. The molecule has 1 aromatic carbocycles. The largest absolute Gasteiger partial charge is 0.454 e. The number of Topliss-reactive ketones (excluding diaryl/α,β-unsaturated/α-hetero) is 1. The lowest BCUT2D eigenvalue weighted by atomic mass is 9.80. The second-order valence-electron chi connectivity index (χ2n) is 4.19. The Hall–Kier alpha value is -1.39. The van der Waals surface area contributed by atoms with Crippen LogP contribution in [0.1, 0.15) is 41.1 Å². The highest BCUT2D eigenvalue weighted by atomic mass is 19.4. The molecule has 0 aromatic heterocycles. The van der Waals surface area contributed by atoms with E-state index >= 15 is 0 Å². The number of carbonyl (C=O) groups is 1. The van der Waals surface area contributed by atoms with E-state index in [1.165, 1.54) is 6.07 Å². The van der Waals surface area contributed by atoms with E-state index in [9.17, 15) is 22.4 Å². The van der Waals surface area contributed by atoms with Gasteiger partial charge in [-0.3, -0.25) is 4.79 Å². The highest BCUT2D eigenvalue weighted by Crippen LogP contribution is 2.37. The van der Waals surface area contributed by atoms with Crippen LogP contribution in [0.25, 0.3) is 0 Å². The third-order valence-electron chi connectivity index (χ3n) is 3.07. The number of hydrogen-bond acceptors (Lipinski definition) is 1. The Balaban J connectivity index is 2.28. The molecule has 0 heterocycles. The van der Waals surface area contributed by atoms with E-state index in [4.69, 9.17) is 0 Å². The summed E-state index contributed by atoms with van der Waals surface area (Å²) in [5.74, 6) is -2.99. The lowest BCUT2D eigenvalue weighted by molar-refractivity contribution is -0.0887. The van der Waals surface area contributed by atoms with Crippen LogP contribution >= 0.6 is 0 Å². The van der Waals surface area contributed by atoms with Gasteiger partial charge in [0.2, 0.25) is 0 Å². The molecule has 92 valence electrons. The molecule has 0 amide bonds. The van der Waals surface area contributed by atoms with Crippen molar-refractivity contribution < 1.29 is 22.4 Å². The van der Waals surface area contributed by atoms with Gasteiger partial charge in [0.15, 0.2) is 0 Å². The monoisotopic (exact) mass is 246 g/mol. The van der Waals surface area contributed by atoms with Crippen molar-refractivity contribution in [2.45, 2.75) is 31.4 Å². The fourth-order valence-electron chi connectivity index (χ4n) is 1.86. The predicted octanol–water partition coefficient (Wildman–Crippen LogP) is 3.84. The molecule has 0 unspecified atom stereocenters. The Morgan fingerprint density at radius 2 is 1.88 bits per heavy atom. The first-order valence-corrected chi connectivity index (χ1v) is 5.30. The Labute approximate surface area is 95.4 Å². The molecule has 0 radical (unpaired) electrons. The maximum absolute atomic E-state index is 13.4. The summed E-state index contributed by atoms with van der Waals surface area (Å²) in [5.41, 5.74) is -0.229. The highest BCUT2D eigenvalue weighted by Gasteiger charge is 2.40. The first-order chi connectivity index (χ1) is 7.89. The maximum atomic E-state index is 13.4. The molecule has 1 fully saturated rings. The van der Waals surface area contributed by atoms with Crippen molar-refractivity contribution >= 4 is 5.78 Å². The van der Waals surface area contributed by atoms with Crippen molar-refractivity contribution in [1.29, 1.82) is 0 Å². The maximum Gasteiger partial charge on any atom is 0.454 e. The van der Waals surface area contributed by atoms with Crippen molar-refractivity contribution in [1.82, 2.24) is 0 Å². The van der Waals surface area contributed by atoms with Crippen molar-refractivity contribution in [2.24, 2.45) is 0 Å². The molecule has 1 saturated carbocycles. The molecular weight excluding hydrogens is 236 g/mol. The molecule has 0 spiro atoms. The summed E-state index contributed by atoms with van der Waals surface area (Å²) < 4.78 is 49.8. The van der Waals surface area contributed by atoms with E-state index in [2.05, 4.69) is 0 Å². The average Bonchev–Trinajstić information content (AvgIpc) is 2.12. The van der Waals surface area contributed by atoms with E-state index in [0.717, 1.165) is 31.4 Å². The molecule has 0 bridgehead atoms. The Kier molecular flexibility index (Phi) is 2.93. The van der Waals surface area contributed by atoms with Gasteiger partial charge in [-0.2, -0.15) is 13.2 Å². The lowest BCUT2D eigenvalue weighted by Gasteiger charge is -2.25. The smallest absolute Gasteiger partial charge is 0.284 e. The normalized spacial score (nSPS) is 16.7. The SMILES string of the molecule is O=C(c1ccc(C2CCC2)cc1F)C(F)(F)F. The van der Waals surface area contributed by atoms with Gasteiger partial charge in [-0.25, -0.2) is 4.39 Å². The predicted molar refractivity (Wildman–Crippen MR) is 53.4 cm³/mol. The van der Waals surface area contributed by atoms with Gasteiger partial charge in [0.25, 0.3) is 5.78 Å². The Bertz CT molecular complexity index is 446. The molecular formula is C12H10F4O. The zero-order valence-corrected chi connectivity index (χ0v) is 8.85. The quantitative estimate of drug-likeness (QED) is 0.572. The molecule has 1 nitrogen and oxygen atoms in total. The lowest BCUT2D eigenvalue weighted by Crippen LogP contribution is -2.24. The molecule has 1 aliphatic carbocycles. The zero-order chi connectivity index (χ0) is 12.6. The van der Waals surface area contributed by atoms with E-state index in [1.54, 1.807) is 0 Å². The summed E-state index contributed by atoms with van der Waals surface area (Å²) in [6.45, 7) is 0. The summed E-state index contributed by atoms with van der Waals surface area (Å²) in [7, 11) is 0. The number of carbonyl (C=O) groups excluding carboxylic acids is 1. The summed E-state index contributed by atoms with van der Waals surface area (Å²) in [6, 6.07) is 3.38. The third-order valence-corrected chi connectivity index (χ3v) is 3.07. The number of rotatable bonds is 2. The number of ketones is 1. The number of alkyl halides is 3. The van der Waals surface area contributed by atoms with Gasteiger partial charge in [-0.15, -0.1) is 0 Å². The van der Waals surface area contributed by atoms with Gasteiger partial charge >= 0.3 is 6.18 Å². The molecule has 0 saturated heterocycles. The van der Waals surface area contributed by atoms with Crippen LogP contribution in [-0.2, 0) is 0 Å². The van der Waals surface area contributed by atoms with Gasteiger partial charge in [0.05, 0.1) is 5.56 Å². The van der Waals surface area contributed by atoms with Gasteiger partial charge in [0.1, 0.15) is 5.82 Å². The summed E-state index contributed by atoms with van der Waals surface area (Å²) in [5, 5.41) is 0. The van der Waals surface area contributed by atoms with Gasteiger partial charge in [-0.05, 0) is 36.5 Å². The van der Waals surface area contributed by atoms with Crippen LogP contribution in [0.5, 0.6) is 0 Å². The van der Waals surface area contributed by atoms with Crippen LogP contribution in [0.3, 0.4) is 0 Å². The molecule has 1 aliphatic rings. The van der Waals surface area contributed by atoms with Crippen LogP contribution < -0.4 is 0 Å². The minimum atomic E-state index is -5.03. The van der Waals surface area contributed by atoms with E-state index < -0.39 is 23.3 Å². The van der Waals surface area contributed by atoms with Crippen LogP contribution in [0.4, 0.5) is 17.6 Å². The second-order valence-corrected chi connectivity index (χ2v) is 4.19. The number of benzene rings is 1. The standard InChI is InChI=1S/C12H10F4O/c13-10-6-8(7-2-1-3-7)4-5-9(10)11(17)12(14,15)16/h4-7H,1-3H2. The van der Waals surface area contributed by atoms with Crippen molar-refractivity contribution in [3.63, 3.8) is 0 Å². The number of hydrogen-bond donors (Lipinski definition) is 0. The minimum Gasteiger partial charge on any atom is -0.284 e. The topological polar surface area (TPSA) is 17.1 Å². The molecule has 0 N–H and O–H groups in total. The molecule has 0 atom stereocenters. The molecule has 17 heavy (non-hydrogen) atoms.